The third-order valence-corrected chi connectivity index (χ3v) is 4.17. The number of imidazole rings is 1. The van der Waals surface area contributed by atoms with Crippen LogP contribution in [-0.2, 0) is 16.6 Å². The number of aliphatic hydroxyl groups is 1. The van der Waals surface area contributed by atoms with E-state index in [0.29, 0.717) is 22.6 Å². The number of carbonyl (C=O) groups is 3. The summed E-state index contributed by atoms with van der Waals surface area (Å²) in [7, 11) is 1.72. The second-order valence-electron chi connectivity index (χ2n) is 6.53. The summed E-state index contributed by atoms with van der Waals surface area (Å²) >= 11 is 0. The van der Waals surface area contributed by atoms with Gasteiger partial charge >= 0.3 is 11.8 Å². The van der Waals surface area contributed by atoms with Crippen LogP contribution in [0.3, 0.4) is 0 Å². The molecule has 156 valence electrons. The Morgan fingerprint density at radius 3 is 2.50 bits per heavy atom. The first-order chi connectivity index (χ1) is 14.3. The van der Waals surface area contributed by atoms with Gasteiger partial charge < -0.3 is 20.3 Å². The Morgan fingerprint density at radius 2 is 1.93 bits per heavy atom. The molecule has 0 fully saturated rings. The van der Waals surface area contributed by atoms with Crippen molar-refractivity contribution in [1.82, 2.24) is 14.9 Å². The molecule has 2 amide bonds. The molecule has 0 saturated carbocycles. The number of benzene rings is 1. The summed E-state index contributed by atoms with van der Waals surface area (Å²) in [5.41, 5.74) is 1.42. The molecule has 8 heteroatoms. The molecule has 2 aromatic rings. The predicted molar refractivity (Wildman–Crippen MR) is 114 cm³/mol. The largest absolute Gasteiger partial charge is 0.394 e. The van der Waals surface area contributed by atoms with Crippen LogP contribution in [0.15, 0.2) is 73.6 Å². The van der Waals surface area contributed by atoms with E-state index in [1.807, 2.05) is 0 Å². The Bertz CT molecular complexity index is 973. The fourth-order valence-corrected chi connectivity index (χ4v) is 2.61. The smallest absolute Gasteiger partial charge is 0.313 e. The Balaban J connectivity index is 1.94. The molecule has 1 aromatic heterocycles. The van der Waals surface area contributed by atoms with Gasteiger partial charge in [0.1, 0.15) is 0 Å². The Hall–Kier alpha value is -3.78. The highest BCUT2D eigenvalue weighted by Gasteiger charge is 2.19. The van der Waals surface area contributed by atoms with Crippen molar-refractivity contribution in [3.05, 3.63) is 85.0 Å². The minimum atomic E-state index is -0.886. The molecule has 2 rings (SSSR count). The summed E-state index contributed by atoms with van der Waals surface area (Å²) in [4.78, 5) is 40.7. The van der Waals surface area contributed by atoms with E-state index in [1.165, 1.54) is 30.5 Å². The molecule has 0 spiro atoms. The van der Waals surface area contributed by atoms with E-state index in [0.717, 1.165) is 0 Å². The maximum Gasteiger partial charge on any atom is 0.313 e. The molecule has 3 N–H and O–H groups in total. The second-order valence-corrected chi connectivity index (χ2v) is 6.53. The van der Waals surface area contributed by atoms with Crippen LogP contribution >= 0.6 is 0 Å². The SMILES string of the molecule is C=C/C=C\C(=C)C[C@@H](CO)NC(=O)C(=O)Nc1ccc(C(=O)c2nccn2C)cc1. The molecule has 0 aliphatic rings. The van der Waals surface area contributed by atoms with Crippen molar-refractivity contribution in [1.29, 1.82) is 0 Å². The maximum absolute atomic E-state index is 12.4. The van der Waals surface area contributed by atoms with Gasteiger partial charge in [-0.25, -0.2) is 4.98 Å². The van der Waals surface area contributed by atoms with Gasteiger partial charge in [0, 0.05) is 30.7 Å². The molecule has 0 unspecified atom stereocenters. The molecule has 8 nitrogen and oxygen atoms in total. The van der Waals surface area contributed by atoms with Gasteiger partial charge in [-0.3, -0.25) is 14.4 Å². The summed E-state index contributed by atoms with van der Waals surface area (Å²) in [6.07, 6.45) is 8.46. The standard InChI is InChI=1S/C22H24N4O4/c1-4-5-6-15(2)13-18(14-27)25-22(30)21(29)24-17-9-7-16(8-10-17)19(28)20-23-11-12-26(20)3/h4-12,18,27H,1-2,13-14H2,3H3,(H,24,29)(H,25,30)/b6-5-/t18-/m0/s1. The van der Waals surface area contributed by atoms with E-state index >= 15 is 0 Å². The highest BCUT2D eigenvalue weighted by molar-refractivity contribution is 6.39. The number of nitrogens with zero attached hydrogens (tertiary/aromatic N) is 2. The summed E-state index contributed by atoms with van der Waals surface area (Å²) in [5.74, 6) is -1.73. The molecule has 0 aliphatic carbocycles. The third-order valence-electron chi connectivity index (χ3n) is 4.17. The van der Waals surface area contributed by atoms with Gasteiger partial charge in [0.05, 0.1) is 12.6 Å². The highest BCUT2D eigenvalue weighted by atomic mass is 16.3. The van der Waals surface area contributed by atoms with Crippen LogP contribution in [0, 0.1) is 0 Å². The lowest BCUT2D eigenvalue weighted by Gasteiger charge is -2.16. The van der Waals surface area contributed by atoms with Gasteiger partial charge in [-0.05, 0) is 30.7 Å². The van der Waals surface area contributed by atoms with E-state index < -0.39 is 17.9 Å². The van der Waals surface area contributed by atoms with Crippen molar-refractivity contribution in [2.45, 2.75) is 12.5 Å². The zero-order valence-electron chi connectivity index (χ0n) is 16.7. The molecule has 30 heavy (non-hydrogen) atoms. The lowest BCUT2D eigenvalue weighted by atomic mass is 10.1. The lowest BCUT2D eigenvalue weighted by molar-refractivity contribution is -0.136. The number of aromatic nitrogens is 2. The van der Waals surface area contributed by atoms with Crippen LogP contribution in [0.4, 0.5) is 5.69 Å². The van der Waals surface area contributed by atoms with Crippen LogP contribution in [0.2, 0.25) is 0 Å². The Kier molecular flexibility index (Phi) is 8.01. The van der Waals surface area contributed by atoms with Gasteiger partial charge in [0.2, 0.25) is 5.78 Å². The second kappa shape index (κ2) is 10.7. The molecular formula is C22H24N4O4. The van der Waals surface area contributed by atoms with Gasteiger partial charge in [0.15, 0.2) is 5.82 Å². The number of carbonyl (C=O) groups excluding carboxylic acids is 3. The zero-order chi connectivity index (χ0) is 22.1. The molecular weight excluding hydrogens is 384 g/mol. The number of aliphatic hydroxyl groups excluding tert-OH is 1. The Morgan fingerprint density at radius 1 is 1.23 bits per heavy atom. The molecule has 0 radical (unpaired) electrons. The first-order valence-electron chi connectivity index (χ1n) is 9.17. The summed E-state index contributed by atoms with van der Waals surface area (Å²) in [6.45, 7) is 7.02. The van der Waals surface area contributed by atoms with E-state index in [2.05, 4.69) is 28.8 Å². The topological polar surface area (TPSA) is 113 Å². The maximum atomic E-state index is 12.4. The van der Waals surface area contributed by atoms with Crippen LogP contribution in [-0.4, -0.2) is 44.9 Å². The average molecular weight is 408 g/mol. The number of hydrogen-bond donors (Lipinski definition) is 3. The summed E-state index contributed by atoms with van der Waals surface area (Å²) in [5, 5.41) is 14.3. The fourth-order valence-electron chi connectivity index (χ4n) is 2.61. The normalized spacial score (nSPS) is 11.7. The van der Waals surface area contributed by atoms with Crippen molar-refractivity contribution >= 4 is 23.3 Å². The first-order valence-corrected chi connectivity index (χ1v) is 9.17. The third kappa shape index (κ3) is 6.11. The van der Waals surface area contributed by atoms with Crippen LogP contribution in [0.25, 0.3) is 0 Å². The van der Waals surface area contributed by atoms with Gasteiger partial charge in [-0.2, -0.15) is 0 Å². The monoisotopic (exact) mass is 408 g/mol. The van der Waals surface area contributed by atoms with E-state index in [9.17, 15) is 19.5 Å². The molecule has 1 heterocycles. The van der Waals surface area contributed by atoms with Crippen LogP contribution in [0.5, 0.6) is 0 Å². The van der Waals surface area contributed by atoms with E-state index in [1.54, 1.807) is 36.0 Å². The number of hydrogen-bond acceptors (Lipinski definition) is 5. The first kappa shape index (κ1) is 22.5. The molecule has 0 aliphatic heterocycles. The van der Waals surface area contributed by atoms with Crippen LogP contribution in [0.1, 0.15) is 22.6 Å². The fraction of sp³-hybridized carbons (Fsp3) is 0.182. The number of anilines is 1. The number of nitrogens with one attached hydrogen (secondary N) is 2. The van der Waals surface area contributed by atoms with Crippen LogP contribution < -0.4 is 10.6 Å². The van der Waals surface area contributed by atoms with Gasteiger partial charge in [-0.15, -0.1) is 0 Å². The summed E-state index contributed by atoms with van der Waals surface area (Å²) < 4.78 is 1.61. The van der Waals surface area contributed by atoms with Gasteiger partial charge in [-0.1, -0.05) is 37.0 Å². The zero-order valence-corrected chi connectivity index (χ0v) is 16.7. The molecule has 1 aromatic carbocycles. The van der Waals surface area contributed by atoms with Crippen molar-refractivity contribution in [2.75, 3.05) is 11.9 Å². The average Bonchev–Trinajstić information content (AvgIpc) is 3.17. The minimum Gasteiger partial charge on any atom is -0.394 e. The number of aryl methyl sites for hydroxylation is 1. The van der Waals surface area contributed by atoms with Crippen molar-refractivity contribution in [3.8, 4) is 0 Å². The van der Waals surface area contributed by atoms with Crippen molar-refractivity contribution in [2.24, 2.45) is 7.05 Å². The number of allylic oxidation sites excluding steroid dienone is 3. The quantitative estimate of drug-likeness (QED) is 0.332. The van der Waals surface area contributed by atoms with Gasteiger partial charge in [0.25, 0.3) is 0 Å². The number of ketones is 1. The minimum absolute atomic E-state index is 0.255. The predicted octanol–water partition coefficient (Wildman–Crippen LogP) is 1.76. The molecule has 0 bridgehead atoms. The van der Waals surface area contributed by atoms with E-state index in [4.69, 9.17) is 0 Å². The highest BCUT2D eigenvalue weighted by Crippen LogP contribution is 2.13. The molecule has 1 atom stereocenters. The lowest BCUT2D eigenvalue weighted by Crippen LogP contribution is -2.43. The van der Waals surface area contributed by atoms with Crippen molar-refractivity contribution < 1.29 is 19.5 Å². The Labute approximate surface area is 174 Å². The summed E-state index contributed by atoms with van der Waals surface area (Å²) in [6, 6.07) is 5.47. The van der Waals surface area contributed by atoms with E-state index in [-0.39, 0.29) is 18.8 Å². The van der Waals surface area contributed by atoms with Crippen molar-refractivity contribution in [3.63, 3.8) is 0 Å². The molecule has 0 saturated heterocycles. The number of rotatable bonds is 9. The number of amides is 2.